The number of methoxy groups -OCH3 is 1. The number of hydrogen-bond acceptors (Lipinski definition) is 3. The number of nitrogens with one attached hydrogen (secondary N) is 2. The zero-order chi connectivity index (χ0) is 15.1. The number of anilines is 1. The molecule has 0 aliphatic rings. The van der Waals surface area contributed by atoms with Gasteiger partial charge in [0.2, 0.25) is 0 Å². The molecule has 4 heteroatoms. The molecule has 2 aromatic rings. The van der Waals surface area contributed by atoms with Crippen LogP contribution in [0.4, 0.5) is 5.69 Å². The molecule has 0 aromatic heterocycles. The standard InChI is InChI=1S/C17H20N2O2/c1-18-16-9-4-3-8-15(16)17(20)19-11-10-13-6-5-7-14(12-13)21-2/h3-9,12,18H,10-11H2,1-2H3,(H,19,20). The maximum Gasteiger partial charge on any atom is 0.253 e. The highest BCUT2D eigenvalue weighted by Crippen LogP contribution is 2.14. The van der Waals surface area contributed by atoms with Crippen LogP contribution in [0.2, 0.25) is 0 Å². The van der Waals surface area contributed by atoms with E-state index in [4.69, 9.17) is 4.74 Å². The lowest BCUT2D eigenvalue weighted by atomic mass is 10.1. The third kappa shape index (κ3) is 3.99. The summed E-state index contributed by atoms with van der Waals surface area (Å²) in [7, 11) is 3.46. The van der Waals surface area contributed by atoms with Gasteiger partial charge in [0.1, 0.15) is 5.75 Å². The van der Waals surface area contributed by atoms with Crippen molar-refractivity contribution in [1.82, 2.24) is 5.32 Å². The van der Waals surface area contributed by atoms with Gasteiger partial charge in [-0.05, 0) is 36.2 Å². The van der Waals surface area contributed by atoms with E-state index < -0.39 is 0 Å². The normalized spacial score (nSPS) is 10.0. The number of rotatable bonds is 6. The third-order valence-corrected chi connectivity index (χ3v) is 3.27. The van der Waals surface area contributed by atoms with Crippen LogP contribution in [0, 0.1) is 0 Å². The van der Waals surface area contributed by atoms with Gasteiger partial charge in [-0.3, -0.25) is 4.79 Å². The second-order valence-electron chi connectivity index (χ2n) is 4.65. The molecule has 2 aromatic carbocycles. The predicted octanol–water partition coefficient (Wildman–Crippen LogP) is 2.71. The van der Waals surface area contributed by atoms with Crippen molar-refractivity contribution in [3.63, 3.8) is 0 Å². The SMILES string of the molecule is CNc1ccccc1C(=O)NCCc1cccc(OC)c1. The van der Waals surface area contributed by atoms with Crippen molar-refractivity contribution >= 4 is 11.6 Å². The number of carbonyl (C=O) groups excluding carboxylic acids is 1. The van der Waals surface area contributed by atoms with E-state index in [1.165, 1.54) is 0 Å². The molecule has 0 aliphatic carbocycles. The minimum atomic E-state index is -0.0668. The summed E-state index contributed by atoms with van der Waals surface area (Å²) in [6, 6.07) is 15.3. The number of benzene rings is 2. The van der Waals surface area contributed by atoms with Gasteiger partial charge in [0, 0.05) is 19.3 Å². The topological polar surface area (TPSA) is 50.4 Å². The van der Waals surface area contributed by atoms with Crippen molar-refractivity contribution in [3.8, 4) is 5.75 Å². The highest BCUT2D eigenvalue weighted by atomic mass is 16.5. The van der Waals surface area contributed by atoms with Gasteiger partial charge in [-0.2, -0.15) is 0 Å². The van der Waals surface area contributed by atoms with Gasteiger partial charge in [-0.1, -0.05) is 24.3 Å². The van der Waals surface area contributed by atoms with Gasteiger partial charge in [0.15, 0.2) is 0 Å². The molecule has 0 spiro atoms. The largest absolute Gasteiger partial charge is 0.497 e. The first-order valence-electron chi connectivity index (χ1n) is 6.92. The van der Waals surface area contributed by atoms with Crippen LogP contribution in [0.15, 0.2) is 48.5 Å². The van der Waals surface area contributed by atoms with E-state index in [0.29, 0.717) is 12.1 Å². The van der Waals surface area contributed by atoms with Crippen LogP contribution in [0.5, 0.6) is 5.75 Å². The fourth-order valence-electron chi connectivity index (χ4n) is 2.14. The lowest BCUT2D eigenvalue weighted by Gasteiger charge is -2.10. The van der Waals surface area contributed by atoms with Crippen molar-refractivity contribution in [2.75, 3.05) is 26.0 Å². The maximum absolute atomic E-state index is 12.2. The zero-order valence-electron chi connectivity index (χ0n) is 12.3. The first kappa shape index (κ1) is 14.9. The Morgan fingerprint density at radius 3 is 2.71 bits per heavy atom. The molecule has 0 fully saturated rings. The third-order valence-electron chi connectivity index (χ3n) is 3.27. The average Bonchev–Trinajstić information content (AvgIpc) is 2.55. The number of para-hydroxylation sites is 1. The summed E-state index contributed by atoms with van der Waals surface area (Å²) in [5, 5.41) is 5.96. The molecule has 1 amide bonds. The zero-order valence-corrected chi connectivity index (χ0v) is 12.3. The van der Waals surface area contributed by atoms with Crippen LogP contribution < -0.4 is 15.4 Å². The molecule has 4 nitrogen and oxygen atoms in total. The van der Waals surface area contributed by atoms with Crippen molar-refractivity contribution in [2.24, 2.45) is 0 Å². The Bertz CT molecular complexity index is 611. The number of hydrogen-bond donors (Lipinski definition) is 2. The molecule has 0 bridgehead atoms. The summed E-state index contributed by atoms with van der Waals surface area (Å²) < 4.78 is 5.19. The van der Waals surface area contributed by atoms with E-state index in [1.807, 2.05) is 55.6 Å². The average molecular weight is 284 g/mol. The van der Waals surface area contributed by atoms with Gasteiger partial charge >= 0.3 is 0 Å². The van der Waals surface area contributed by atoms with Gasteiger partial charge in [0.25, 0.3) is 5.91 Å². The molecule has 21 heavy (non-hydrogen) atoms. The first-order chi connectivity index (χ1) is 10.2. The molecule has 0 aliphatic heterocycles. The van der Waals surface area contributed by atoms with E-state index in [9.17, 15) is 4.79 Å². The summed E-state index contributed by atoms with van der Waals surface area (Å²) in [4.78, 5) is 12.2. The van der Waals surface area contributed by atoms with E-state index >= 15 is 0 Å². The first-order valence-corrected chi connectivity index (χ1v) is 6.92. The quantitative estimate of drug-likeness (QED) is 0.857. The lowest BCUT2D eigenvalue weighted by molar-refractivity contribution is 0.0955. The van der Waals surface area contributed by atoms with E-state index in [0.717, 1.165) is 23.4 Å². The Labute approximate surface area is 125 Å². The van der Waals surface area contributed by atoms with Crippen molar-refractivity contribution in [2.45, 2.75) is 6.42 Å². The number of carbonyl (C=O) groups is 1. The molecule has 2 N–H and O–H groups in total. The van der Waals surface area contributed by atoms with Crippen molar-refractivity contribution in [1.29, 1.82) is 0 Å². The molecule has 2 rings (SSSR count). The molecule has 0 unspecified atom stereocenters. The summed E-state index contributed by atoms with van der Waals surface area (Å²) in [5.41, 5.74) is 2.62. The summed E-state index contributed by atoms with van der Waals surface area (Å²) in [6.45, 7) is 0.587. The molecule has 0 heterocycles. The summed E-state index contributed by atoms with van der Waals surface area (Å²) >= 11 is 0. The Balaban J connectivity index is 1.92. The molecular formula is C17H20N2O2. The van der Waals surface area contributed by atoms with Crippen LogP contribution in [-0.4, -0.2) is 26.6 Å². The van der Waals surface area contributed by atoms with E-state index in [-0.39, 0.29) is 5.91 Å². The molecule has 0 atom stereocenters. The second-order valence-corrected chi connectivity index (χ2v) is 4.65. The lowest BCUT2D eigenvalue weighted by Crippen LogP contribution is -2.26. The Morgan fingerprint density at radius 1 is 1.14 bits per heavy atom. The highest BCUT2D eigenvalue weighted by Gasteiger charge is 2.09. The Morgan fingerprint density at radius 2 is 1.95 bits per heavy atom. The van der Waals surface area contributed by atoms with Gasteiger partial charge in [-0.15, -0.1) is 0 Å². The fraction of sp³-hybridized carbons (Fsp3) is 0.235. The van der Waals surface area contributed by atoms with Crippen LogP contribution >= 0.6 is 0 Å². The maximum atomic E-state index is 12.2. The summed E-state index contributed by atoms with van der Waals surface area (Å²) in [5.74, 6) is 0.766. The molecule has 0 radical (unpaired) electrons. The van der Waals surface area contributed by atoms with Crippen LogP contribution in [-0.2, 0) is 6.42 Å². The van der Waals surface area contributed by atoms with Crippen molar-refractivity contribution < 1.29 is 9.53 Å². The molecular weight excluding hydrogens is 264 g/mol. The predicted molar refractivity (Wildman–Crippen MR) is 85.0 cm³/mol. The van der Waals surface area contributed by atoms with Crippen LogP contribution in [0.1, 0.15) is 15.9 Å². The molecule has 110 valence electrons. The van der Waals surface area contributed by atoms with Crippen LogP contribution in [0.3, 0.4) is 0 Å². The highest BCUT2D eigenvalue weighted by molar-refractivity contribution is 5.99. The number of amides is 1. The Hall–Kier alpha value is -2.49. The minimum Gasteiger partial charge on any atom is -0.497 e. The van der Waals surface area contributed by atoms with E-state index in [2.05, 4.69) is 10.6 Å². The van der Waals surface area contributed by atoms with Gasteiger partial charge in [0.05, 0.1) is 12.7 Å². The monoisotopic (exact) mass is 284 g/mol. The second kappa shape index (κ2) is 7.33. The Kier molecular flexibility index (Phi) is 5.21. The fourth-order valence-corrected chi connectivity index (χ4v) is 2.14. The van der Waals surface area contributed by atoms with Gasteiger partial charge in [-0.25, -0.2) is 0 Å². The van der Waals surface area contributed by atoms with Crippen molar-refractivity contribution in [3.05, 3.63) is 59.7 Å². The molecule has 0 saturated carbocycles. The van der Waals surface area contributed by atoms with Gasteiger partial charge < -0.3 is 15.4 Å². The summed E-state index contributed by atoms with van der Waals surface area (Å²) in [6.07, 6.45) is 0.769. The smallest absolute Gasteiger partial charge is 0.253 e. The van der Waals surface area contributed by atoms with Crippen LogP contribution in [0.25, 0.3) is 0 Å². The van der Waals surface area contributed by atoms with E-state index in [1.54, 1.807) is 7.11 Å². The minimum absolute atomic E-state index is 0.0668. The molecule has 0 saturated heterocycles. The number of ether oxygens (including phenoxy) is 1.